The van der Waals surface area contributed by atoms with Gasteiger partial charge in [-0.25, -0.2) is 4.79 Å². The Bertz CT molecular complexity index is 342. The van der Waals surface area contributed by atoms with Crippen LogP contribution in [0.1, 0.15) is 0 Å². The van der Waals surface area contributed by atoms with Crippen LogP contribution in [0.4, 0.5) is 5.82 Å². The smallest absolute Gasteiger partial charge is 0.349 e. The van der Waals surface area contributed by atoms with Crippen molar-refractivity contribution in [1.82, 2.24) is 9.55 Å². The summed E-state index contributed by atoms with van der Waals surface area (Å²) in [5, 5.41) is 0. The van der Waals surface area contributed by atoms with Gasteiger partial charge in [0.25, 0.3) is 0 Å². The molecule has 0 aliphatic carbocycles. The van der Waals surface area contributed by atoms with Gasteiger partial charge in [-0.15, -0.1) is 0 Å². The summed E-state index contributed by atoms with van der Waals surface area (Å²) in [7, 11) is 0. The third-order valence-corrected chi connectivity index (χ3v) is 1.33. The third kappa shape index (κ3) is 1.85. The summed E-state index contributed by atoms with van der Waals surface area (Å²) < 4.78 is 1.40. The number of nitrogens with zero attached hydrogens (tertiary/aromatic N) is 2. The van der Waals surface area contributed by atoms with Crippen molar-refractivity contribution in [3.05, 3.63) is 35.0 Å². The molecule has 0 bridgehead atoms. The van der Waals surface area contributed by atoms with Gasteiger partial charge in [0, 0.05) is 12.7 Å². The number of rotatable bonds is 2. The Morgan fingerprint density at radius 3 is 3.00 bits per heavy atom. The second kappa shape index (κ2) is 3.56. The van der Waals surface area contributed by atoms with E-state index in [0.717, 1.165) is 0 Å². The SMILES string of the molecule is NC=CCn1ccc(N)nc1=O. The molecular weight excluding hydrogens is 156 g/mol. The highest BCUT2D eigenvalue weighted by atomic mass is 16.1. The molecule has 0 saturated heterocycles. The van der Waals surface area contributed by atoms with E-state index in [9.17, 15) is 4.79 Å². The van der Waals surface area contributed by atoms with Gasteiger partial charge in [0.05, 0.1) is 0 Å². The van der Waals surface area contributed by atoms with Crippen LogP contribution < -0.4 is 17.2 Å². The minimum Gasteiger partial charge on any atom is -0.405 e. The van der Waals surface area contributed by atoms with Crippen molar-refractivity contribution < 1.29 is 0 Å². The van der Waals surface area contributed by atoms with Crippen molar-refractivity contribution >= 4 is 5.82 Å². The lowest BCUT2D eigenvalue weighted by Crippen LogP contribution is -2.22. The van der Waals surface area contributed by atoms with E-state index in [1.807, 2.05) is 0 Å². The van der Waals surface area contributed by atoms with Gasteiger partial charge in [0.2, 0.25) is 0 Å². The molecule has 64 valence electrons. The molecule has 1 aromatic rings. The van der Waals surface area contributed by atoms with E-state index in [2.05, 4.69) is 4.98 Å². The molecule has 0 spiro atoms. The number of hydrogen-bond acceptors (Lipinski definition) is 4. The van der Waals surface area contributed by atoms with Crippen molar-refractivity contribution in [3.8, 4) is 0 Å². The van der Waals surface area contributed by atoms with E-state index in [1.165, 1.54) is 10.8 Å². The molecule has 5 nitrogen and oxygen atoms in total. The maximum atomic E-state index is 11.0. The summed E-state index contributed by atoms with van der Waals surface area (Å²) in [6.45, 7) is 0.419. The van der Waals surface area contributed by atoms with Gasteiger partial charge >= 0.3 is 5.69 Å². The summed E-state index contributed by atoms with van der Waals surface area (Å²) in [4.78, 5) is 14.6. The Morgan fingerprint density at radius 1 is 1.67 bits per heavy atom. The zero-order chi connectivity index (χ0) is 8.97. The lowest BCUT2D eigenvalue weighted by atomic mass is 10.5. The first-order valence-corrected chi connectivity index (χ1v) is 3.43. The first-order chi connectivity index (χ1) is 5.74. The Morgan fingerprint density at radius 2 is 2.42 bits per heavy atom. The highest BCUT2D eigenvalue weighted by Gasteiger charge is 1.93. The van der Waals surface area contributed by atoms with Crippen LogP contribution in [0.25, 0.3) is 0 Å². The standard InChI is InChI=1S/C7H10N4O/c8-3-1-4-11-5-2-6(9)10-7(11)12/h1-3,5H,4,8H2,(H2,9,10,12). The minimum absolute atomic E-state index is 0.230. The van der Waals surface area contributed by atoms with E-state index in [4.69, 9.17) is 11.5 Å². The first kappa shape index (κ1) is 8.32. The van der Waals surface area contributed by atoms with E-state index in [0.29, 0.717) is 6.54 Å². The van der Waals surface area contributed by atoms with Crippen LogP contribution in [0.2, 0.25) is 0 Å². The number of nitrogen functional groups attached to an aromatic ring is 1. The van der Waals surface area contributed by atoms with Gasteiger partial charge in [0.1, 0.15) is 5.82 Å². The number of allylic oxidation sites excluding steroid dienone is 1. The van der Waals surface area contributed by atoms with E-state index in [1.54, 1.807) is 18.3 Å². The Kier molecular flexibility index (Phi) is 2.47. The third-order valence-electron chi connectivity index (χ3n) is 1.33. The van der Waals surface area contributed by atoms with Crippen LogP contribution in [-0.2, 0) is 6.54 Å². The molecule has 0 amide bonds. The normalized spacial score (nSPS) is 10.7. The Labute approximate surface area is 69.3 Å². The molecule has 0 aliphatic heterocycles. The van der Waals surface area contributed by atoms with E-state index >= 15 is 0 Å². The average Bonchev–Trinajstić information content (AvgIpc) is 2.03. The van der Waals surface area contributed by atoms with Gasteiger partial charge in [0.15, 0.2) is 0 Å². The van der Waals surface area contributed by atoms with Crippen LogP contribution in [0.5, 0.6) is 0 Å². The molecule has 0 atom stereocenters. The van der Waals surface area contributed by atoms with Crippen LogP contribution >= 0.6 is 0 Å². The first-order valence-electron chi connectivity index (χ1n) is 3.43. The van der Waals surface area contributed by atoms with Crippen LogP contribution in [0, 0.1) is 0 Å². The summed E-state index contributed by atoms with van der Waals surface area (Å²) in [5.74, 6) is 0.230. The van der Waals surface area contributed by atoms with Gasteiger partial charge in [-0.2, -0.15) is 4.98 Å². The quantitative estimate of drug-likeness (QED) is 0.608. The minimum atomic E-state index is -0.367. The molecule has 0 unspecified atom stereocenters. The lowest BCUT2D eigenvalue weighted by Gasteiger charge is -1.99. The molecule has 12 heavy (non-hydrogen) atoms. The lowest BCUT2D eigenvalue weighted by molar-refractivity contribution is 0.745. The van der Waals surface area contributed by atoms with Crippen molar-refractivity contribution in [2.75, 3.05) is 5.73 Å². The second-order valence-electron chi connectivity index (χ2n) is 2.22. The van der Waals surface area contributed by atoms with Crippen molar-refractivity contribution in [2.24, 2.45) is 5.73 Å². The predicted molar refractivity (Wildman–Crippen MR) is 46.2 cm³/mol. The molecule has 1 aromatic heterocycles. The highest BCUT2D eigenvalue weighted by molar-refractivity contribution is 5.23. The molecule has 5 heteroatoms. The van der Waals surface area contributed by atoms with E-state index in [-0.39, 0.29) is 11.5 Å². The fourth-order valence-corrected chi connectivity index (χ4v) is 0.755. The van der Waals surface area contributed by atoms with Gasteiger partial charge in [-0.1, -0.05) is 0 Å². The molecular formula is C7H10N4O. The van der Waals surface area contributed by atoms with Gasteiger partial charge in [-0.05, 0) is 18.3 Å². The number of hydrogen-bond donors (Lipinski definition) is 2. The molecule has 1 heterocycles. The van der Waals surface area contributed by atoms with Crippen LogP contribution in [-0.4, -0.2) is 9.55 Å². The molecule has 0 aromatic carbocycles. The van der Waals surface area contributed by atoms with Gasteiger partial charge in [-0.3, -0.25) is 4.57 Å². The van der Waals surface area contributed by atoms with Crippen LogP contribution in [0.3, 0.4) is 0 Å². The number of aromatic nitrogens is 2. The zero-order valence-corrected chi connectivity index (χ0v) is 6.47. The molecule has 0 radical (unpaired) electrons. The average molecular weight is 166 g/mol. The summed E-state index contributed by atoms with van der Waals surface area (Å²) in [5.41, 5.74) is 10.0. The number of nitrogens with two attached hydrogens (primary N) is 2. The monoisotopic (exact) mass is 166 g/mol. The van der Waals surface area contributed by atoms with Gasteiger partial charge < -0.3 is 11.5 Å². The topological polar surface area (TPSA) is 86.9 Å². The molecule has 0 saturated carbocycles. The maximum absolute atomic E-state index is 11.0. The largest absolute Gasteiger partial charge is 0.405 e. The van der Waals surface area contributed by atoms with Crippen molar-refractivity contribution in [1.29, 1.82) is 0 Å². The summed E-state index contributed by atoms with van der Waals surface area (Å²) in [6, 6.07) is 1.56. The molecule has 4 N–H and O–H groups in total. The summed E-state index contributed by atoms with van der Waals surface area (Å²) >= 11 is 0. The zero-order valence-electron chi connectivity index (χ0n) is 6.47. The summed E-state index contributed by atoms with van der Waals surface area (Å²) in [6.07, 6.45) is 4.60. The fraction of sp³-hybridized carbons (Fsp3) is 0.143. The maximum Gasteiger partial charge on any atom is 0.349 e. The Balaban J connectivity index is 2.94. The molecule has 1 rings (SSSR count). The fourth-order valence-electron chi connectivity index (χ4n) is 0.755. The number of anilines is 1. The molecule has 0 fully saturated rings. The van der Waals surface area contributed by atoms with E-state index < -0.39 is 0 Å². The van der Waals surface area contributed by atoms with Crippen molar-refractivity contribution in [3.63, 3.8) is 0 Å². The van der Waals surface area contributed by atoms with Crippen LogP contribution in [0.15, 0.2) is 29.3 Å². The van der Waals surface area contributed by atoms with Crippen molar-refractivity contribution in [2.45, 2.75) is 6.54 Å². The predicted octanol–water partition coefficient (Wildman–Crippen LogP) is -0.702. The second-order valence-corrected chi connectivity index (χ2v) is 2.22. The Hall–Kier alpha value is -1.78. The highest BCUT2D eigenvalue weighted by Crippen LogP contribution is 1.89. The molecule has 0 aliphatic rings.